The Morgan fingerprint density at radius 2 is 2.60 bits per heavy atom. The summed E-state index contributed by atoms with van der Waals surface area (Å²) < 4.78 is 0. The number of hydrogen-bond donors (Lipinski definition) is 1. The number of nitrogens with zero attached hydrogens (tertiary/aromatic N) is 1. The minimum atomic E-state index is 0.595. The van der Waals surface area contributed by atoms with Gasteiger partial charge in [-0.2, -0.15) is 0 Å². The van der Waals surface area contributed by atoms with E-state index in [0.717, 1.165) is 5.69 Å². The van der Waals surface area contributed by atoms with E-state index in [1.54, 1.807) is 11.3 Å². The van der Waals surface area contributed by atoms with E-state index in [-0.39, 0.29) is 0 Å². The van der Waals surface area contributed by atoms with Crippen LogP contribution in [-0.2, 0) is 0 Å². The number of nitrogens with two attached hydrogens (primary N) is 1. The summed E-state index contributed by atoms with van der Waals surface area (Å²) in [4.78, 5) is 5.30. The first-order valence-corrected chi connectivity index (χ1v) is 3.99. The van der Waals surface area contributed by atoms with Gasteiger partial charge in [-0.3, -0.25) is 0 Å². The van der Waals surface area contributed by atoms with E-state index >= 15 is 0 Å². The summed E-state index contributed by atoms with van der Waals surface area (Å²) in [5, 5.41) is 0. The lowest BCUT2D eigenvalue weighted by Gasteiger charge is -1.84. The highest BCUT2D eigenvalue weighted by Gasteiger charge is 1.93. The second-order valence-electron chi connectivity index (χ2n) is 1.94. The summed E-state index contributed by atoms with van der Waals surface area (Å²) in [5.41, 5.74) is 8.21. The van der Waals surface area contributed by atoms with Gasteiger partial charge in [-0.05, 0) is 13.0 Å². The summed E-state index contributed by atoms with van der Waals surface area (Å²) >= 11 is 1.64. The molecule has 0 saturated heterocycles. The Bertz CT molecular complexity index is 227. The summed E-state index contributed by atoms with van der Waals surface area (Å²) in [6, 6.07) is 0. The second-order valence-corrected chi connectivity index (χ2v) is 2.83. The fourth-order valence-corrected chi connectivity index (χ4v) is 1.37. The Morgan fingerprint density at radius 3 is 3.10 bits per heavy atom. The molecule has 0 atom stereocenters. The molecule has 0 saturated carbocycles. The Hall–Kier alpha value is -0.670. The molecule has 0 aromatic carbocycles. The lowest BCUT2D eigenvalue weighted by molar-refractivity contribution is 1.25. The summed E-state index contributed by atoms with van der Waals surface area (Å²) in [7, 11) is 0. The molecule has 1 aromatic rings. The highest BCUT2D eigenvalue weighted by Crippen LogP contribution is 2.12. The average Bonchev–Trinajstić information content (AvgIpc) is 2.31. The monoisotopic (exact) mass is 154 g/mol. The molecule has 1 heterocycles. The molecule has 0 amide bonds. The minimum Gasteiger partial charge on any atom is -0.327 e. The van der Waals surface area contributed by atoms with E-state index in [1.807, 2.05) is 24.6 Å². The van der Waals surface area contributed by atoms with Crippen LogP contribution in [0.4, 0.5) is 0 Å². The lowest BCUT2D eigenvalue weighted by atomic mass is 10.3. The van der Waals surface area contributed by atoms with Crippen molar-refractivity contribution < 1.29 is 0 Å². The number of thiazole rings is 1. The van der Waals surface area contributed by atoms with E-state index in [0.29, 0.717) is 6.54 Å². The van der Waals surface area contributed by atoms with Crippen molar-refractivity contribution in [3.8, 4) is 0 Å². The first-order chi connectivity index (χ1) is 4.84. The van der Waals surface area contributed by atoms with Crippen LogP contribution in [0.5, 0.6) is 0 Å². The Kier molecular flexibility index (Phi) is 2.59. The standard InChI is InChI=1S/C7H10N2S/c1-6-7(3-2-4-8)10-5-9-6/h2-3,5H,4,8H2,1H3. The highest BCUT2D eigenvalue weighted by atomic mass is 32.1. The molecule has 1 aromatic heterocycles. The molecule has 0 fully saturated rings. The van der Waals surface area contributed by atoms with Gasteiger partial charge in [0.15, 0.2) is 0 Å². The summed E-state index contributed by atoms with van der Waals surface area (Å²) in [6.07, 6.45) is 3.94. The Balaban J connectivity index is 2.74. The van der Waals surface area contributed by atoms with Gasteiger partial charge in [0, 0.05) is 11.4 Å². The van der Waals surface area contributed by atoms with Crippen molar-refractivity contribution in [2.45, 2.75) is 6.92 Å². The molecule has 0 unspecified atom stereocenters. The van der Waals surface area contributed by atoms with Crippen LogP contribution in [0.2, 0.25) is 0 Å². The highest BCUT2D eigenvalue weighted by molar-refractivity contribution is 7.10. The van der Waals surface area contributed by atoms with Gasteiger partial charge in [-0.1, -0.05) is 6.08 Å². The van der Waals surface area contributed by atoms with Gasteiger partial charge >= 0.3 is 0 Å². The molecule has 0 aliphatic rings. The van der Waals surface area contributed by atoms with Crippen molar-refractivity contribution >= 4 is 17.4 Å². The van der Waals surface area contributed by atoms with Gasteiger partial charge in [0.2, 0.25) is 0 Å². The molecular weight excluding hydrogens is 144 g/mol. The molecule has 1 rings (SSSR count). The van der Waals surface area contributed by atoms with Gasteiger partial charge in [0.1, 0.15) is 0 Å². The van der Waals surface area contributed by atoms with Crippen molar-refractivity contribution in [2.24, 2.45) is 5.73 Å². The average molecular weight is 154 g/mol. The van der Waals surface area contributed by atoms with Crippen LogP contribution >= 0.6 is 11.3 Å². The fraction of sp³-hybridized carbons (Fsp3) is 0.286. The third-order valence-electron chi connectivity index (χ3n) is 1.19. The minimum absolute atomic E-state index is 0.595. The van der Waals surface area contributed by atoms with Crippen molar-refractivity contribution in [3.63, 3.8) is 0 Å². The molecule has 2 N–H and O–H groups in total. The van der Waals surface area contributed by atoms with Crippen LogP contribution in [-0.4, -0.2) is 11.5 Å². The third-order valence-corrected chi connectivity index (χ3v) is 2.08. The SMILES string of the molecule is Cc1ncsc1C=CCN. The lowest BCUT2D eigenvalue weighted by Crippen LogP contribution is -1.91. The topological polar surface area (TPSA) is 38.9 Å². The molecule has 0 aliphatic carbocycles. The Morgan fingerprint density at radius 1 is 1.80 bits per heavy atom. The van der Waals surface area contributed by atoms with Crippen LogP contribution in [0, 0.1) is 6.92 Å². The van der Waals surface area contributed by atoms with Crippen LogP contribution < -0.4 is 5.73 Å². The van der Waals surface area contributed by atoms with Crippen molar-refractivity contribution in [1.82, 2.24) is 4.98 Å². The largest absolute Gasteiger partial charge is 0.327 e. The van der Waals surface area contributed by atoms with Crippen LogP contribution in [0.1, 0.15) is 10.6 Å². The maximum absolute atomic E-state index is 5.29. The zero-order valence-corrected chi connectivity index (χ0v) is 6.69. The van der Waals surface area contributed by atoms with E-state index in [2.05, 4.69) is 4.98 Å². The normalized spacial score (nSPS) is 11.0. The first-order valence-electron chi connectivity index (χ1n) is 3.11. The predicted molar refractivity (Wildman–Crippen MR) is 44.9 cm³/mol. The van der Waals surface area contributed by atoms with Gasteiger partial charge in [0.25, 0.3) is 0 Å². The summed E-state index contributed by atoms with van der Waals surface area (Å²) in [5.74, 6) is 0. The van der Waals surface area contributed by atoms with Gasteiger partial charge in [0.05, 0.1) is 11.2 Å². The zero-order valence-electron chi connectivity index (χ0n) is 5.87. The molecule has 0 bridgehead atoms. The predicted octanol–water partition coefficient (Wildman–Crippen LogP) is 1.42. The van der Waals surface area contributed by atoms with Crippen LogP contribution in [0.15, 0.2) is 11.6 Å². The van der Waals surface area contributed by atoms with Gasteiger partial charge in [-0.15, -0.1) is 11.3 Å². The number of hydrogen-bond acceptors (Lipinski definition) is 3. The molecule has 54 valence electrons. The summed E-state index contributed by atoms with van der Waals surface area (Å²) in [6.45, 7) is 2.59. The van der Waals surface area contributed by atoms with Crippen LogP contribution in [0.25, 0.3) is 6.08 Å². The molecule has 0 radical (unpaired) electrons. The maximum Gasteiger partial charge on any atom is 0.0801 e. The first kappa shape index (κ1) is 7.44. The number of rotatable bonds is 2. The van der Waals surface area contributed by atoms with Gasteiger partial charge < -0.3 is 5.73 Å². The molecular formula is C7H10N2S. The molecule has 2 nitrogen and oxygen atoms in total. The van der Waals surface area contributed by atoms with Crippen LogP contribution in [0.3, 0.4) is 0 Å². The van der Waals surface area contributed by atoms with E-state index in [4.69, 9.17) is 5.73 Å². The van der Waals surface area contributed by atoms with Crippen molar-refractivity contribution in [1.29, 1.82) is 0 Å². The maximum atomic E-state index is 5.29. The quantitative estimate of drug-likeness (QED) is 0.699. The number of aryl methyl sites for hydroxylation is 1. The van der Waals surface area contributed by atoms with Gasteiger partial charge in [-0.25, -0.2) is 4.98 Å². The van der Waals surface area contributed by atoms with Crippen molar-refractivity contribution in [2.75, 3.05) is 6.54 Å². The zero-order chi connectivity index (χ0) is 7.40. The third kappa shape index (κ3) is 1.65. The number of aromatic nitrogens is 1. The second kappa shape index (κ2) is 3.49. The molecule has 0 spiro atoms. The molecule has 0 aliphatic heterocycles. The van der Waals surface area contributed by atoms with E-state index in [1.165, 1.54) is 4.88 Å². The van der Waals surface area contributed by atoms with Crippen molar-refractivity contribution in [3.05, 3.63) is 22.2 Å². The van der Waals surface area contributed by atoms with E-state index in [9.17, 15) is 0 Å². The smallest absolute Gasteiger partial charge is 0.0801 e. The van der Waals surface area contributed by atoms with E-state index < -0.39 is 0 Å². The fourth-order valence-electron chi connectivity index (χ4n) is 0.646. The molecule has 3 heteroatoms. The molecule has 10 heavy (non-hydrogen) atoms. The Labute approximate surface area is 64.4 Å².